The van der Waals surface area contributed by atoms with E-state index in [0.29, 0.717) is 16.3 Å². The fourth-order valence-corrected chi connectivity index (χ4v) is 3.80. The molecule has 0 aromatic heterocycles. The summed E-state index contributed by atoms with van der Waals surface area (Å²) in [6.45, 7) is 1.93. The molecule has 104 valence electrons. The SMILES string of the molecule is Cc1cccc(S(=O)CC2Cc3ccccc3O2)c1N. The van der Waals surface area contributed by atoms with E-state index in [0.717, 1.165) is 17.7 Å². The predicted molar refractivity (Wildman–Crippen MR) is 81.4 cm³/mol. The Morgan fingerprint density at radius 2 is 2.05 bits per heavy atom. The number of anilines is 1. The zero-order valence-corrected chi connectivity index (χ0v) is 12.2. The molecule has 20 heavy (non-hydrogen) atoms. The highest BCUT2D eigenvalue weighted by molar-refractivity contribution is 7.85. The molecular weight excluding hydrogens is 270 g/mol. The Morgan fingerprint density at radius 1 is 1.25 bits per heavy atom. The van der Waals surface area contributed by atoms with Crippen LogP contribution in [0.15, 0.2) is 47.4 Å². The largest absolute Gasteiger partial charge is 0.489 e. The summed E-state index contributed by atoms with van der Waals surface area (Å²) in [5, 5.41) is 0. The van der Waals surface area contributed by atoms with Crippen LogP contribution in [0.2, 0.25) is 0 Å². The Bertz CT molecular complexity index is 644. The number of aryl methyl sites for hydroxylation is 1. The van der Waals surface area contributed by atoms with Crippen LogP contribution in [0.5, 0.6) is 5.75 Å². The molecule has 3 nitrogen and oxygen atoms in total. The average molecular weight is 287 g/mol. The number of para-hydroxylation sites is 2. The van der Waals surface area contributed by atoms with Crippen molar-refractivity contribution in [1.82, 2.24) is 0 Å². The molecule has 2 N–H and O–H groups in total. The Balaban J connectivity index is 1.74. The van der Waals surface area contributed by atoms with Crippen LogP contribution in [0.4, 0.5) is 5.69 Å². The van der Waals surface area contributed by atoms with Crippen LogP contribution in [-0.4, -0.2) is 16.1 Å². The van der Waals surface area contributed by atoms with Gasteiger partial charge in [0.2, 0.25) is 0 Å². The quantitative estimate of drug-likeness (QED) is 0.883. The first-order valence-corrected chi connectivity index (χ1v) is 7.95. The lowest BCUT2D eigenvalue weighted by Crippen LogP contribution is -2.22. The van der Waals surface area contributed by atoms with Crippen LogP contribution < -0.4 is 10.5 Å². The minimum atomic E-state index is -1.13. The van der Waals surface area contributed by atoms with Gasteiger partial charge in [0.25, 0.3) is 0 Å². The summed E-state index contributed by atoms with van der Waals surface area (Å²) < 4.78 is 18.3. The van der Waals surface area contributed by atoms with Crippen molar-refractivity contribution >= 4 is 16.5 Å². The summed E-state index contributed by atoms with van der Waals surface area (Å²) in [6, 6.07) is 13.6. The molecule has 3 rings (SSSR count). The van der Waals surface area contributed by atoms with Crippen molar-refractivity contribution in [3.63, 3.8) is 0 Å². The van der Waals surface area contributed by atoms with Gasteiger partial charge in [-0.05, 0) is 30.2 Å². The van der Waals surface area contributed by atoms with Crippen molar-refractivity contribution in [3.05, 3.63) is 53.6 Å². The maximum atomic E-state index is 12.5. The highest BCUT2D eigenvalue weighted by Gasteiger charge is 2.25. The average Bonchev–Trinajstić information content (AvgIpc) is 2.83. The van der Waals surface area contributed by atoms with Crippen molar-refractivity contribution in [2.24, 2.45) is 0 Å². The molecule has 2 aromatic rings. The number of fused-ring (bicyclic) bond motifs is 1. The van der Waals surface area contributed by atoms with Crippen LogP contribution >= 0.6 is 0 Å². The third-order valence-electron chi connectivity index (χ3n) is 3.58. The van der Waals surface area contributed by atoms with E-state index >= 15 is 0 Å². The van der Waals surface area contributed by atoms with E-state index in [1.54, 1.807) is 0 Å². The summed E-state index contributed by atoms with van der Waals surface area (Å²) >= 11 is 0. The number of benzene rings is 2. The first-order chi connectivity index (χ1) is 9.65. The molecule has 1 heterocycles. The Morgan fingerprint density at radius 3 is 2.85 bits per heavy atom. The van der Waals surface area contributed by atoms with Gasteiger partial charge in [0, 0.05) is 6.42 Å². The number of nitrogens with two attached hydrogens (primary N) is 1. The standard InChI is InChI=1S/C16H17NO2S/c1-11-5-4-8-15(16(11)17)20(18)10-13-9-12-6-2-3-7-14(12)19-13/h2-8,13H,9-10,17H2,1H3. The third-order valence-corrected chi connectivity index (χ3v) is 5.10. The number of hydrogen-bond acceptors (Lipinski definition) is 3. The topological polar surface area (TPSA) is 52.3 Å². The van der Waals surface area contributed by atoms with E-state index in [-0.39, 0.29) is 6.10 Å². The van der Waals surface area contributed by atoms with Gasteiger partial charge in [0.15, 0.2) is 0 Å². The van der Waals surface area contributed by atoms with Crippen LogP contribution in [-0.2, 0) is 17.2 Å². The number of nitrogen functional groups attached to an aromatic ring is 1. The molecule has 4 heteroatoms. The molecule has 0 saturated carbocycles. The molecule has 0 bridgehead atoms. The van der Waals surface area contributed by atoms with E-state index in [4.69, 9.17) is 10.5 Å². The highest BCUT2D eigenvalue weighted by atomic mass is 32.2. The maximum absolute atomic E-state index is 12.5. The summed E-state index contributed by atoms with van der Waals surface area (Å²) in [7, 11) is -1.13. The van der Waals surface area contributed by atoms with Gasteiger partial charge in [-0.3, -0.25) is 4.21 Å². The molecule has 0 saturated heterocycles. The number of rotatable bonds is 3. The van der Waals surface area contributed by atoms with Crippen molar-refractivity contribution in [3.8, 4) is 5.75 Å². The van der Waals surface area contributed by atoms with Gasteiger partial charge >= 0.3 is 0 Å². The molecule has 2 unspecified atom stereocenters. The monoisotopic (exact) mass is 287 g/mol. The minimum absolute atomic E-state index is 0.0341. The van der Waals surface area contributed by atoms with Crippen molar-refractivity contribution in [1.29, 1.82) is 0 Å². The molecule has 0 fully saturated rings. The van der Waals surface area contributed by atoms with Gasteiger partial charge in [-0.1, -0.05) is 30.3 Å². The van der Waals surface area contributed by atoms with Crippen molar-refractivity contribution in [2.45, 2.75) is 24.3 Å². The number of hydrogen-bond donors (Lipinski definition) is 1. The second-order valence-electron chi connectivity index (χ2n) is 5.05. The van der Waals surface area contributed by atoms with E-state index < -0.39 is 10.8 Å². The third kappa shape index (κ3) is 2.43. The van der Waals surface area contributed by atoms with Gasteiger partial charge in [-0.2, -0.15) is 0 Å². The molecule has 2 aromatic carbocycles. The fourth-order valence-electron chi connectivity index (χ4n) is 2.46. The maximum Gasteiger partial charge on any atom is 0.123 e. The molecular formula is C16H17NO2S. The highest BCUT2D eigenvalue weighted by Crippen LogP contribution is 2.29. The van der Waals surface area contributed by atoms with Gasteiger partial charge in [0.1, 0.15) is 11.9 Å². The van der Waals surface area contributed by atoms with Gasteiger partial charge < -0.3 is 10.5 Å². The first-order valence-electron chi connectivity index (χ1n) is 6.63. The van der Waals surface area contributed by atoms with E-state index in [1.807, 2.05) is 43.3 Å². The summed E-state index contributed by atoms with van der Waals surface area (Å²) in [4.78, 5) is 0.713. The Hall–Kier alpha value is -1.81. The van der Waals surface area contributed by atoms with Crippen LogP contribution in [0.3, 0.4) is 0 Å². The zero-order valence-electron chi connectivity index (χ0n) is 11.3. The molecule has 0 aliphatic carbocycles. The predicted octanol–water partition coefficient (Wildman–Crippen LogP) is 2.69. The van der Waals surface area contributed by atoms with Crippen molar-refractivity contribution in [2.75, 3.05) is 11.5 Å². The van der Waals surface area contributed by atoms with Crippen LogP contribution in [0.25, 0.3) is 0 Å². The second kappa shape index (κ2) is 5.29. The zero-order chi connectivity index (χ0) is 14.1. The lowest BCUT2D eigenvalue weighted by atomic mass is 10.1. The minimum Gasteiger partial charge on any atom is -0.489 e. The smallest absolute Gasteiger partial charge is 0.123 e. The van der Waals surface area contributed by atoms with E-state index in [9.17, 15) is 4.21 Å². The summed E-state index contributed by atoms with van der Waals surface area (Å²) in [6.07, 6.45) is 0.779. The van der Waals surface area contributed by atoms with Gasteiger partial charge in [-0.25, -0.2) is 0 Å². The van der Waals surface area contributed by atoms with Crippen molar-refractivity contribution < 1.29 is 8.95 Å². The van der Waals surface area contributed by atoms with E-state index in [2.05, 4.69) is 6.07 Å². The lowest BCUT2D eigenvalue weighted by Gasteiger charge is -2.12. The Labute approximate surface area is 121 Å². The molecule has 0 spiro atoms. The summed E-state index contributed by atoms with van der Waals surface area (Å²) in [5.41, 5.74) is 8.79. The Kier molecular flexibility index (Phi) is 3.49. The molecule has 2 atom stereocenters. The number of ether oxygens (including phenoxy) is 1. The van der Waals surface area contributed by atoms with Gasteiger partial charge in [0.05, 0.1) is 27.1 Å². The molecule has 1 aliphatic rings. The normalized spacial score (nSPS) is 18.4. The first kappa shape index (κ1) is 13.2. The molecule has 0 radical (unpaired) electrons. The van der Waals surface area contributed by atoms with E-state index in [1.165, 1.54) is 5.56 Å². The van der Waals surface area contributed by atoms with Gasteiger partial charge in [-0.15, -0.1) is 0 Å². The summed E-state index contributed by atoms with van der Waals surface area (Å²) in [5.74, 6) is 1.38. The molecule has 1 aliphatic heterocycles. The second-order valence-corrected chi connectivity index (χ2v) is 6.51. The van der Waals surface area contributed by atoms with Crippen LogP contribution in [0, 0.1) is 6.92 Å². The van der Waals surface area contributed by atoms with Crippen LogP contribution in [0.1, 0.15) is 11.1 Å². The fraction of sp³-hybridized carbons (Fsp3) is 0.250. The molecule has 0 amide bonds. The lowest BCUT2D eigenvalue weighted by molar-refractivity contribution is 0.258.